The Morgan fingerprint density at radius 3 is 1.93 bits per heavy atom. The van der Waals surface area contributed by atoms with Crippen LogP contribution in [0, 0.1) is 0 Å². The van der Waals surface area contributed by atoms with E-state index >= 15 is 0 Å². The average molecular weight is 391 g/mol. The van der Waals surface area contributed by atoms with Crippen LogP contribution in [0.15, 0.2) is 42.5 Å². The van der Waals surface area contributed by atoms with Gasteiger partial charge in [0.25, 0.3) is 11.8 Å². The fourth-order valence-electron chi connectivity index (χ4n) is 2.35. The molecule has 0 saturated carbocycles. The van der Waals surface area contributed by atoms with Crippen LogP contribution in [0.5, 0.6) is 11.5 Å². The van der Waals surface area contributed by atoms with E-state index in [9.17, 15) is 9.59 Å². The third kappa shape index (κ3) is 6.18. The first kappa shape index (κ1) is 20.6. The summed E-state index contributed by atoms with van der Waals surface area (Å²) in [5, 5.41) is 6.08. The molecule has 6 nitrogen and oxygen atoms in total. The number of benzene rings is 2. The van der Waals surface area contributed by atoms with Crippen LogP contribution in [-0.2, 0) is 0 Å². The van der Waals surface area contributed by atoms with Crippen molar-refractivity contribution < 1.29 is 19.1 Å². The fourth-order valence-corrected chi connectivity index (χ4v) is 2.48. The topological polar surface area (TPSA) is 76.7 Å². The summed E-state index contributed by atoms with van der Waals surface area (Å²) in [7, 11) is 0. The number of carbonyl (C=O) groups excluding carboxylic acids is 2. The number of nitrogens with one attached hydrogen (secondary N) is 2. The third-order valence-electron chi connectivity index (χ3n) is 3.61. The Morgan fingerprint density at radius 1 is 0.815 bits per heavy atom. The summed E-state index contributed by atoms with van der Waals surface area (Å²) in [5.74, 6) is 0.662. The van der Waals surface area contributed by atoms with Gasteiger partial charge in [0.2, 0.25) is 0 Å². The summed E-state index contributed by atoms with van der Waals surface area (Å²) in [6.45, 7) is 5.35. The molecule has 7 heteroatoms. The molecule has 0 fully saturated rings. The standard InChI is InChI=1S/C20H23ClN2O4/c1-3-26-17-10-7-15(13-18(17)27-4-2)20(25)23-12-11-22-19(24)14-5-8-16(21)9-6-14/h5-10,13H,3-4,11-12H2,1-2H3,(H,22,24)(H,23,25). The quantitative estimate of drug-likeness (QED) is 0.644. The first-order valence-electron chi connectivity index (χ1n) is 8.76. The average Bonchev–Trinajstić information content (AvgIpc) is 2.67. The van der Waals surface area contributed by atoms with E-state index < -0.39 is 0 Å². The second kappa shape index (κ2) is 10.4. The van der Waals surface area contributed by atoms with E-state index in [-0.39, 0.29) is 11.8 Å². The number of amides is 2. The van der Waals surface area contributed by atoms with Crippen molar-refractivity contribution in [2.24, 2.45) is 0 Å². The van der Waals surface area contributed by atoms with E-state index in [1.54, 1.807) is 42.5 Å². The predicted molar refractivity (Wildman–Crippen MR) is 105 cm³/mol. The second-order valence-electron chi connectivity index (χ2n) is 5.55. The van der Waals surface area contributed by atoms with Crippen molar-refractivity contribution in [1.29, 1.82) is 0 Å². The molecule has 0 spiro atoms. The molecule has 0 radical (unpaired) electrons. The van der Waals surface area contributed by atoms with Crippen LogP contribution in [0.1, 0.15) is 34.6 Å². The highest BCUT2D eigenvalue weighted by molar-refractivity contribution is 6.30. The van der Waals surface area contributed by atoms with E-state index in [1.165, 1.54) is 0 Å². The predicted octanol–water partition coefficient (Wildman–Crippen LogP) is 3.30. The number of halogens is 1. The van der Waals surface area contributed by atoms with Crippen molar-refractivity contribution in [3.05, 3.63) is 58.6 Å². The van der Waals surface area contributed by atoms with E-state index in [2.05, 4.69) is 10.6 Å². The highest BCUT2D eigenvalue weighted by Crippen LogP contribution is 2.28. The van der Waals surface area contributed by atoms with Crippen molar-refractivity contribution in [3.63, 3.8) is 0 Å². The van der Waals surface area contributed by atoms with Gasteiger partial charge in [-0.15, -0.1) is 0 Å². The van der Waals surface area contributed by atoms with Crippen LogP contribution < -0.4 is 20.1 Å². The number of ether oxygens (including phenoxy) is 2. The summed E-state index contributed by atoms with van der Waals surface area (Å²) in [5.41, 5.74) is 0.976. The van der Waals surface area contributed by atoms with E-state index in [0.717, 1.165) is 0 Å². The lowest BCUT2D eigenvalue weighted by atomic mass is 10.2. The molecule has 0 aromatic heterocycles. The summed E-state index contributed by atoms with van der Waals surface area (Å²) < 4.78 is 11.0. The van der Waals surface area contributed by atoms with Gasteiger partial charge in [0, 0.05) is 29.2 Å². The zero-order valence-corrected chi connectivity index (χ0v) is 16.1. The molecule has 2 aromatic carbocycles. The van der Waals surface area contributed by atoms with Gasteiger partial charge in [-0.25, -0.2) is 0 Å². The van der Waals surface area contributed by atoms with Gasteiger partial charge < -0.3 is 20.1 Å². The Morgan fingerprint density at radius 2 is 1.33 bits per heavy atom. The van der Waals surface area contributed by atoms with Crippen LogP contribution in [0.25, 0.3) is 0 Å². The first-order valence-corrected chi connectivity index (χ1v) is 9.14. The fraction of sp³-hybridized carbons (Fsp3) is 0.300. The van der Waals surface area contributed by atoms with Crippen molar-refractivity contribution in [2.45, 2.75) is 13.8 Å². The van der Waals surface area contributed by atoms with E-state index in [4.69, 9.17) is 21.1 Å². The second-order valence-corrected chi connectivity index (χ2v) is 5.98. The van der Waals surface area contributed by atoms with Gasteiger partial charge in [-0.3, -0.25) is 9.59 Å². The van der Waals surface area contributed by atoms with E-state index in [1.807, 2.05) is 13.8 Å². The van der Waals surface area contributed by atoms with Gasteiger partial charge >= 0.3 is 0 Å². The molecule has 0 atom stereocenters. The molecule has 0 bridgehead atoms. The Balaban J connectivity index is 1.85. The number of hydrogen-bond acceptors (Lipinski definition) is 4. The Bertz CT molecular complexity index is 778. The molecule has 0 unspecified atom stereocenters. The number of carbonyl (C=O) groups is 2. The molecular formula is C20H23ClN2O4. The number of hydrogen-bond donors (Lipinski definition) is 2. The van der Waals surface area contributed by atoms with Crippen molar-refractivity contribution in [1.82, 2.24) is 10.6 Å². The Kier molecular flexibility index (Phi) is 7.95. The van der Waals surface area contributed by atoms with Gasteiger partial charge in [0.1, 0.15) is 0 Å². The monoisotopic (exact) mass is 390 g/mol. The minimum absolute atomic E-state index is 0.222. The summed E-state index contributed by atoms with van der Waals surface area (Å²) in [6, 6.07) is 11.6. The minimum atomic E-state index is -0.250. The lowest BCUT2D eigenvalue weighted by Gasteiger charge is -2.12. The molecule has 2 N–H and O–H groups in total. The number of rotatable bonds is 9. The highest BCUT2D eigenvalue weighted by atomic mass is 35.5. The molecule has 0 saturated heterocycles. The zero-order chi connectivity index (χ0) is 19.6. The van der Waals surface area contributed by atoms with Crippen molar-refractivity contribution in [2.75, 3.05) is 26.3 Å². The van der Waals surface area contributed by atoms with Crippen LogP contribution >= 0.6 is 11.6 Å². The zero-order valence-electron chi connectivity index (χ0n) is 15.4. The maximum absolute atomic E-state index is 12.3. The van der Waals surface area contributed by atoms with Gasteiger partial charge in [0.05, 0.1) is 13.2 Å². The summed E-state index contributed by atoms with van der Waals surface area (Å²) >= 11 is 5.80. The third-order valence-corrected chi connectivity index (χ3v) is 3.86. The SMILES string of the molecule is CCOc1ccc(C(=O)NCCNC(=O)c2ccc(Cl)cc2)cc1OCC. The van der Waals surface area contributed by atoms with Crippen LogP contribution in [0.2, 0.25) is 5.02 Å². The maximum Gasteiger partial charge on any atom is 0.251 e. The molecule has 0 heterocycles. The first-order chi connectivity index (χ1) is 13.0. The smallest absolute Gasteiger partial charge is 0.251 e. The van der Waals surface area contributed by atoms with Crippen molar-refractivity contribution in [3.8, 4) is 11.5 Å². The van der Waals surface area contributed by atoms with Crippen LogP contribution in [-0.4, -0.2) is 38.1 Å². The summed E-state index contributed by atoms with van der Waals surface area (Å²) in [6.07, 6.45) is 0. The molecular weight excluding hydrogens is 368 g/mol. The molecule has 144 valence electrons. The van der Waals surface area contributed by atoms with E-state index in [0.29, 0.717) is 54.0 Å². The molecule has 0 aliphatic heterocycles. The van der Waals surface area contributed by atoms with Crippen LogP contribution in [0.4, 0.5) is 0 Å². The molecule has 2 aromatic rings. The normalized spacial score (nSPS) is 10.2. The molecule has 0 aliphatic carbocycles. The molecule has 2 rings (SSSR count). The Hall–Kier alpha value is -2.73. The highest BCUT2D eigenvalue weighted by Gasteiger charge is 2.11. The van der Waals surface area contributed by atoms with Crippen molar-refractivity contribution >= 4 is 23.4 Å². The molecule has 0 aliphatic rings. The lowest BCUT2D eigenvalue weighted by Crippen LogP contribution is -2.34. The van der Waals surface area contributed by atoms with Gasteiger partial charge in [-0.1, -0.05) is 11.6 Å². The summed E-state index contributed by atoms with van der Waals surface area (Å²) in [4.78, 5) is 24.3. The van der Waals surface area contributed by atoms with Gasteiger partial charge in [0.15, 0.2) is 11.5 Å². The molecule has 2 amide bonds. The van der Waals surface area contributed by atoms with Crippen LogP contribution in [0.3, 0.4) is 0 Å². The van der Waals surface area contributed by atoms with Gasteiger partial charge in [-0.2, -0.15) is 0 Å². The largest absolute Gasteiger partial charge is 0.490 e. The maximum atomic E-state index is 12.3. The minimum Gasteiger partial charge on any atom is -0.490 e. The lowest BCUT2D eigenvalue weighted by molar-refractivity contribution is 0.0927. The Labute approximate surface area is 163 Å². The molecule has 27 heavy (non-hydrogen) atoms. The van der Waals surface area contributed by atoms with Gasteiger partial charge in [-0.05, 0) is 56.3 Å².